The van der Waals surface area contributed by atoms with Gasteiger partial charge in [-0.1, -0.05) is 24.3 Å². The van der Waals surface area contributed by atoms with Crippen molar-refractivity contribution in [2.75, 3.05) is 19.5 Å². The Morgan fingerprint density at radius 1 is 1.20 bits per heavy atom. The van der Waals surface area contributed by atoms with E-state index in [9.17, 15) is 13.6 Å². The lowest BCUT2D eigenvalue weighted by molar-refractivity contribution is -0.113. The molecular formula is C21H21F2N3O3S. The van der Waals surface area contributed by atoms with E-state index in [0.717, 1.165) is 0 Å². The number of amides is 1. The molecule has 30 heavy (non-hydrogen) atoms. The number of alkyl halides is 2. The molecule has 0 fully saturated rings. The van der Waals surface area contributed by atoms with Gasteiger partial charge in [-0.2, -0.15) is 8.78 Å². The number of rotatable bonds is 6. The predicted molar refractivity (Wildman–Crippen MR) is 114 cm³/mol. The molecule has 1 atom stereocenters. The first-order chi connectivity index (χ1) is 14.3. The molecule has 1 heterocycles. The molecular weight excluding hydrogens is 412 g/mol. The van der Waals surface area contributed by atoms with Crippen molar-refractivity contribution in [3.63, 3.8) is 0 Å². The number of carbonyl (C=O) groups excluding carboxylic acids is 1. The van der Waals surface area contributed by atoms with Crippen LogP contribution in [0.3, 0.4) is 0 Å². The van der Waals surface area contributed by atoms with E-state index < -0.39 is 12.7 Å². The van der Waals surface area contributed by atoms with Crippen molar-refractivity contribution >= 4 is 28.9 Å². The molecule has 1 aliphatic heterocycles. The Kier molecular flexibility index (Phi) is 6.51. The summed E-state index contributed by atoms with van der Waals surface area (Å²) in [7, 11) is 3.12. The molecule has 2 aromatic carbocycles. The molecule has 0 saturated heterocycles. The Bertz CT molecular complexity index is 983. The van der Waals surface area contributed by atoms with Gasteiger partial charge in [-0.3, -0.25) is 4.79 Å². The van der Waals surface area contributed by atoms with Crippen LogP contribution in [0.2, 0.25) is 0 Å². The fraction of sp³-hybridized carbons (Fsp3) is 0.238. The largest absolute Gasteiger partial charge is 0.493 e. The van der Waals surface area contributed by atoms with E-state index in [1.807, 2.05) is 18.2 Å². The number of anilines is 1. The summed E-state index contributed by atoms with van der Waals surface area (Å²) in [4.78, 5) is 14.9. The lowest BCUT2D eigenvalue weighted by Gasteiger charge is -2.36. The molecule has 1 aliphatic rings. The number of allylic oxidation sites excluding steroid dienone is 1. The van der Waals surface area contributed by atoms with Crippen molar-refractivity contribution < 1.29 is 23.0 Å². The van der Waals surface area contributed by atoms with E-state index in [4.69, 9.17) is 17.0 Å². The summed E-state index contributed by atoms with van der Waals surface area (Å²) in [6.45, 7) is -1.18. The number of hydrogen-bond acceptors (Lipinski definition) is 4. The third-order valence-electron chi connectivity index (χ3n) is 4.77. The zero-order chi connectivity index (χ0) is 21.8. The number of carbonyl (C=O) groups is 1. The minimum atomic E-state index is -2.98. The van der Waals surface area contributed by atoms with Gasteiger partial charge >= 0.3 is 6.61 Å². The Balaban J connectivity index is 2.00. The first kappa shape index (κ1) is 21.5. The highest BCUT2D eigenvalue weighted by atomic mass is 32.1. The highest BCUT2D eigenvalue weighted by Crippen LogP contribution is 2.36. The normalized spacial score (nSPS) is 16.4. The van der Waals surface area contributed by atoms with Gasteiger partial charge in [0.05, 0.1) is 18.7 Å². The molecule has 1 unspecified atom stereocenters. The van der Waals surface area contributed by atoms with Gasteiger partial charge in [0.1, 0.15) is 0 Å². The number of para-hydroxylation sites is 1. The summed E-state index contributed by atoms with van der Waals surface area (Å²) < 4.78 is 35.0. The van der Waals surface area contributed by atoms with Crippen LogP contribution in [-0.2, 0) is 4.79 Å². The Hall–Kier alpha value is -3.20. The monoisotopic (exact) mass is 433 g/mol. The Morgan fingerprint density at radius 3 is 2.53 bits per heavy atom. The maximum Gasteiger partial charge on any atom is 0.387 e. The number of ether oxygens (including phenoxy) is 2. The van der Waals surface area contributed by atoms with Crippen molar-refractivity contribution in [1.82, 2.24) is 10.2 Å². The Morgan fingerprint density at radius 2 is 1.90 bits per heavy atom. The number of nitrogens with one attached hydrogen (secondary N) is 2. The van der Waals surface area contributed by atoms with Crippen molar-refractivity contribution in [1.29, 1.82) is 0 Å². The van der Waals surface area contributed by atoms with Gasteiger partial charge in [-0.05, 0) is 49.0 Å². The molecule has 0 radical (unpaired) electrons. The van der Waals surface area contributed by atoms with Crippen LogP contribution in [0.4, 0.5) is 14.5 Å². The zero-order valence-electron chi connectivity index (χ0n) is 16.6. The predicted octanol–water partition coefficient (Wildman–Crippen LogP) is 4.07. The number of hydrogen-bond donors (Lipinski definition) is 2. The first-order valence-electron chi connectivity index (χ1n) is 9.06. The summed E-state index contributed by atoms with van der Waals surface area (Å²) in [5, 5.41) is 6.45. The van der Waals surface area contributed by atoms with Crippen LogP contribution in [-0.4, -0.2) is 36.7 Å². The maximum absolute atomic E-state index is 13.1. The van der Waals surface area contributed by atoms with E-state index in [1.54, 1.807) is 43.1 Å². The van der Waals surface area contributed by atoms with Gasteiger partial charge in [0.25, 0.3) is 5.91 Å². The van der Waals surface area contributed by atoms with Crippen LogP contribution < -0.4 is 20.1 Å². The van der Waals surface area contributed by atoms with E-state index in [0.29, 0.717) is 27.6 Å². The minimum absolute atomic E-state index is 0.0947. The molecule has 2 N–H and O–H groups in total. The fourth-order valence-corrected chi connectivity index (χ4v) is 3.41. The third kappa shape index (κ3) is 4.51. The van der Waals surface area contributed by atoms with Gasteiger partial charge in [0, 0.05) is 18.4 Å². The number of thiocarbonyl (C=S) groups is 1. The van der Waals surface area contributed by atoms with Gasteiger partial charge < -0.3 is 25.0 Å². The number of halogens is 2. The van der Waals surface area contributed by atoms with Gasteiger partial charge in [-0.25, -0.2) is 0 Å². The summed E-state index contributed by atoms with van der Waals surface area (Å²) >= 11 is 5.39. The molecule has 0 aromatic heterocycles. The molecule has 1 amide bonds. The summed E-state index contributed by atoms with van der Waals surface area (Å²) in [5.41, 5.74) is 2.38. The third-order valence-corrected chi connectivity index (χ3v) is 5.16. The zero-order valence-corrected chi connectivity index (χ0v) is 17.4. The second-order valence-corrected chi connectivity index (χ2v) is 6.94. The quantitative estimate of drug-likeness (QED) is 0.670. The maximum atomic E-state index is 13.1. The van der Waals surface area contributed by atoms with E-state index in [2.05, 4.69) is 15.4 Å². The van der Waals surface area contributed by atoms with E-state index >= 15 is 0 Å². The second-order valence-electron chi connectivity index (χ2n) is 6.55. The molecule has 9 heteroatoms. The van der Waals surface area contributed by atoms with Crippen molar-refractivity contribution in [2.45, 2.75) is 19.6 Å². The summed E-state index contributed by atoms with van der Waals surface area (Å²) in [6.07, 6.45) is 0. The van der Waals surface area contributed by atoms with E-state index in [1.165, 1.54) is 13.2 Å². The molecule has 2 aromatic rings. The highest BCUT2D eigenvalue weighted by Gasteiger charge is 2.33. The fourth-order valence-electron chi connectivity index (χ4n) is 3.16. The molecule has 6 nitrogen and oxygen atoms in total. The summed E-state index contributed by atoms with van der Waals surface area (Å²) in [5.74, 6) is -0.278. The molecule has 158 valence electrons. The van der Waals surface area contributed by atoms with Crippen molar-refractivity contribution in [3.8, 4) is 11.5 Å². The minimum Gasteiger partial charge on any atom is -0.493 e. The van der Waals surface area contributed by atoms with Crippen molar-refractivity contribution in [3.05, 3.63) is 65.4 Å². The lowest BCUT2D eigenvalue weighted by Crippen LogP contribution is -2.46. The average molecular weight is 433 g/mol. The molecule has 0 bridgehead atoms. The van der Waals surface area contributed by atoms with Gasteiger partial charge in [0.2, 0.25) is 0 Å². The number of nitrogens with zero attached hydrogens (tertiary/aromatic N) is 1. The topological polar surface area (TPSA) is 62.8 Å². The lowest BCUT2D eigenvalue weighted by atomic mass is 9.94. The average Bonchev–Trinajstić information content (AvgIpc) is 2.72. The van der Waals surface area contributed by atoms with Crippen LogP contribution in [0, 0.1) is 0 Å². The second kappa shape index (κ2) is 9.08. The Labute approximate surface area is 178 Å². The van der Waals surface area contributed by atoms with Crippen LogP contribution in [0.1, 0.15) is 18.5 Å². The number of methoxy groups -OCH3 is 1. The summed E-state index contributed by atoms with van der Waals surface area (Å²) in [6, 6.07) is 13.0. The smallest absolute Gasteiger partial charge is 0.387 e. The van der Waals surface area contributed by atoms with Crippen LogP contribution in [0.15, 0.2) is 59.8 Å². The molecule has 0 saturated carbocycles. The van der Waals surface area contributed by atoms with E-state index in [-0.39, 0.29) is 17.4 Å². The SMILES string of the molecule is COc1cc(C2NC(=S)N(C)C(C)=C2C(=O)Nc2ccccc2)ccc1OC(F)F. The van der Waals surface area contributed by atoms with Gasteiger partial charge in [-0.15, -0.1) is 0 Å². The molecule has 0 aliphatic carbocycles. The van der Waals surface area contributed by atoms with Crippen molar-refractivity contribution in [2.24, 2.45) is 0 Å². The standard InChI is InChI=1S/C21H21F2N3O3S/c1-12-17(19(27)24-14-7-5-4-6-8-14)18(25-21(30)26(12)2)13-9-10-15(29-20(22)23)16(11-13)28-3/h4-11,18,20H,1-3H3,(H,24,27)(H,25,30). The van der Waals surface area contributed by atoms with Gasteiger partial charge in [0.15, 0.2) is 16.6 Å². The van der Waals surface area contributed by atoms with Crippen LogP contribution >= 0.6 is 12.2 Å². The molecule has 0 spiro atoms. The highest BCUT2D eigenvalue weighted by molar-refractivity contribution is 7.80. The number of benzene rings is 2. The van der Waals surface area contributed by atoms with Crippen LogP contribution in [0.25, 0.3) is 0 Å². The van der Waals surface area contributed by atoms with Crippen LogP contribution in [0.5, 0.6) is 11.5 Å². The first-order valence-corrected chi connectivity index (χ1v) is 9.46. The molecule has 3 rings (SSSR count).